The first-order valence-corrected chi connectivity index (χ1v) is 25.1. The number of hydrogen-bond donors (Lipinski definition) is 6. The lowest BCUT2D eigenvalue weighted by atomic mass is 10.2. The maximum Gasteiger partial charge on any atom is 0.277 e. The van der Waals surface area contributed by atoms with Gasteiger partial charge in [-0.05, 0) is 31.6 Å². The minimum atomic E-state index is -4.59. The van der Waals surface area contributed by atoms with Crippen LogP contribution in [0.5, 0.6) is 0 Å². The van der Waals surface area contributed by atoms with Gasteiger partial charge in [0.15, 0.2) is 10.5 Å². The van der Waals surface area contributed by atoms with E-state index in [0.29, 0.717) is 5.75 Å². The van der Waals surface area contributed by atoms with E-state index in [-0.39, 0.29) is 39.7 Å². The number of nitrogens with zero attached hydrogens (tertiary/aromatic N) is 2. The predicted molar refractivity (Wildman–Crippen MR) is 212 cm³/mol. The molecule has 0 spiro atoms. The highest BCUT2D eigenvalue weighted by Crippen LogP contribution is 2.25. The standard InChI is InChI=1S/2C10H16N2O6S2.C6H13NO4S3.CH4/c1-11-8(13)3-6(20(16,17)18)5-12-9(14)4-7(19-2)10(12)15;1-11-9(14)7(20(16,17)18)3-4-12-8(13)5-6(19-2)10(12)15;1-7-6(8)5(14(9,10)11)3-4-13-12-2;/h6-7H,3-5H2,1-2H3,(H,11,13)(H,16,17,18);6-7H,3-5H2,1-2H3,(H,11,14)(H,16,17,18);5H,3-4H2,1-2H3,(H,7,8)(H,9,10,11);1H4. The number of nitrogens with one attached hydrogen (secondary N) is 3. The van der Waals surface area contributed by atoms with Gasteiger partial charge in [0.25, 0.3) is 30.4 Å². The fourth-order valence-electron chi connectivity index (χ4n) is 4.51. The van der Waals surface area contributed by atoms with Crippen LogP contribution in [0.25, 0.3) is 0 Å². The van der Waals surface area contributed by atoms with Crippen LogP contribution in [0.3, 0.4) is 0 Å². The first kappa shape index (κ1) is 54.9. The van der Waals surface area contributed by atoms with E-state index in [9.17, 15) is 58.8 Å². The summed E-state index contributed by atoms with van der Waals surface area (Å²) in [6, 6.07) is 0. The van der Waals surface area contributed by atoms with Crippen molar-refractivity contribution in [1.29, 1.82) is 0 Å². The Bertz CT molecular complexity index is 1700. The minimum absolute atomic E-state index is 0. The molecule has 0 aromatic carbocycles. The molecule has 55 heavy (non-hydrogen) atoms. The molecule has 5 unspecified atom stereocenters. The van der Waals surface area contributed by atoms with E-state index in [2.05, 4.69) is 16.0 Å². The third-order valence-corrected chi connectivity index (χ3v) is 14.7. The number of likely N-dealkylation sites (tertiary alicyclic amines) is 2. The van der Waals surface area contributed by atoms with E-state index in [1.165, 1.54) is 66.3 Å². The van der Waals surface area contributed by atoms with Crippen LogP contribution in [0.4, 0.5) is 0 Å². The zero-order valence-corrected chi connectivity index (χ0v) is 35.7. The summed E-state index contributed by atoms with van der Waals surface area (Å²) in [4.78, 5) is 82.5. The monoisotopic (exact) mass is 923 g/mol. The van der Waals surface area contributed by atoms with Gasteiger partial charge >= 0.3 is 0 Å². The summed E-state index contributed by atoms with van der Waals surface area (Å²) < 4.78 is 93.3. The summed E-state index contributed by atoms with van der Waals surface area (Å²) in [5.74, 6) is -3.45. The van der Waals surface area contributed by atoms with Gasteiger partial charge in [-0.1, -0.05) is 29.0 Å². The third-order valence-electron chi connectivity index (χ3n) is 7.47. The van der Waals surface area contributed by atoms with Gasteiger partial charge in [0.2, 0.25) is 41.4 Å². The zero-order chi connectivity index (χ0) is 42.2. The van der Waals surface area contributed by atoms with E-state index < -0.39 is 111 Å². The lowest BCUT2D eigenvalue weighted by Crippen LogP contribution is -2.42. The van der Waals surface area contributed by atoms with Crippen LogP contribution in [0, 0.1) is 0 Å². The molecule has 0 radical (unpaired) electrons. The Morgan fingerprint density at radius 3 is 1.47 bits per heavy atom. The molecule has 0 bridgehead atoms. The van der Waals surface area contributed by atoms with E-state index >= 15 is 0 Å². The van der Waals surface area contributed by atoms with Crippen molar-refractivity contribution in [3.05, 3.63) is 0 Å². The van der Waals surface area contributed by atoms with Gasteiger partial charge in [-0.25, -0.2) is 0 Å². The normalized spacial score (nSPS) is 18.9. The minimum Gasteiger partial charge on any atom is -0.359 e. The van der Waals surface area contributed by atoms with Crippen molar-refractivity contribution >= 4 is 117 Å². The highest BCUT2D eigenvalue weighted by atomic mass is 33.1. The average Bonchev–Trinajstić information content (AvgIpc) is 3.52. The SMILES string of the molecule is C.CNC(=O)C(CCN1C(=O)CC(SC)C1=O)S(=O)(=O)O.CNC(=O)C(CCSSC)S(=O)(=O)O.CNC(=O)CC(CN1C(=O)CC(SC)C1=O)S(=O)(=O)O. The fraction of sp³-hybridized carbons (Fsp3) is 0.741. The molecule has 2 saturated heterocycles. The van der Waals surface area contributed by atoms with Crippen LogP contribution in [-0.2, 0) is 63.9 Å². The molecule has 7 amide bonds. The molecule has 2 aliphatic rings. The van der Waals surface area contributed by atoms with E-state index in [1.54, 1.807) is 12.5 Å². The highest BCUT2D eigenvalue weighted by molar-refractivity contribution is 8.76. The maximum atomic E-state index is 11.9. The Hall–Kier alpha value is -2.18. The van der Waals surface area contributed by atoms with E-state index in [4.69, 9.17) is 13.7 Å². The van der Waals surface area contributed by atoms with Gasteiger partial charge < -0.3 is 16.0 Å². The molecule has 2 fully saturated rings. The quantitative estimate of drug-likeness (QED) is 0.0405. The summed E-state index contributed by atoms with van der Waals surface area (Å²) in [6.07, 6.45) is 4.55. The first-order valence-electron chi connectivity index (χ1n) is 15.3. The van der Waals surface area contributed by atoms with Crippen LogP contribution in [0.2, 0.25) is 0 Å². The van der Waals surface area contributed by atoms with Gasteiger partial charge in [0.05, 0.1) is 10.5 Å². The molecule has 2 heterocycles. The number of hydrogen-bond acceptors (Lipinski definition) is 17. The number of carbonyl (C=O) groups excluding carboxylic acids is 7. The van der Waals surface area contributed by atoms with Gasteiger partial charge in [-0.2, -0.15) is 48.8 Å². The van der Waals surface area contributed by atoms with Crippen molar-refractivity contribution < 1.29 is 72.5 Å². The molecule has 0 saturated carbocycles. The van der Waals surface area contributed by atoms with Crippen molar-refractivity contribution in [2.24, 2.45) is 0 Å². The van der Waals surface area contributed by atoms with Crippen LogP contribution in [0.1, 0.15) is 39.5 Å². The number of imide groups is 2. The van der Waals surface area contributed by atoms with Gasteiger partial charge in [-0.15, -0.1) is 0 Å². The molecule has 28 heteroatoms. The predicted octanol–water partition coefficient (Wildman–Crippen LogP) is -1.23. The number of thioether (sulfide) groups is 2. The summed E-state index contributed by atoms with van der Waals surface area (Å²) in [7, 11) is -6.61. The molecule has 21 nitrogen and oxygen atoms in total. The van der Waals surface area contributed by atoms with Crippen molar-refractivity contribution in [2.75, 3.05) is 58.8 Å². The third kappa shape index (κ3) is 18.3. The molecule has 6 N–H and O–H groups in total. The number of amides is 7. The summed E-state index contributed by atoms with van der Waals surface area (Å²) >= 11 is 2.44. The van der Waals surface area contributed by atoms with E-state index in [1.807, 2.05) is 6.26 Å². The summed E-state index contributed by atoms with van der Waals surface area (Å²) in [5, 5.41) is 0.982. The molecular weight excluding hydrogens is 875 g/mol. The second-order valence-electron chi connectivity index (χ2n) is 10.9. The second kappa shape index (κ2) is 25.2. The van der Waals surface area contributed by atoms with Crippen LogP contribution in [0.15, 0.2) is 0 Å². The van der Waals surface area contributed by atoms with Crippen molar-refractivity contribution in [1.82, 2.24) is 25.8 Å². The first-order chi connectivity index (χ1) is 24.8. The second-order valence-corrected chi connectivity index (χ2v) is 20.6. The maximum absolute atomic E-state index is 11.9. The molecule has 320 valence electrons. The lowest BCUT2D eigenvalue weighted by molar-refractivity contribution is -0.140. The molecule has 0 aromatic rings. The molecule has 2 aliphatic heterocycles. The smallest absolute Gasteiger partial charge is 0.277 e. The summed E-state index contributed by atoms with van der Waals surface area (Å²) in [6.45, 7) is -0.729. The molecule has 2 rings (SSSR count). The van der Waals surface area contributed by atoms with Crippen LogP contribution < -0.4 is 16.0 Å². The van der Waals surface area contributed by atoms with Gasteiger partial charge in [-0.3, -0.25) is 57.0 Å². The Morgan fingerprint density at radius 2 is 1.13 bits per heavy atom. The highest BCUT2D eigenvalue weighted by Gasteiger charge is 2.42. The van der Waals surface area contributed by atoms with Crippen molar-refractivity contribution in [3.63, 3.8) is 0 Å². The number of rotatable bonds is 18. The summed E-state index contributed by atoms with van der Waals surface area (Å²) in [5.41, 5.74) is 0. The molecule has 0 aromatic heterocycles. The Kier molecular flexibility index (Phi) is 25.2. The zero-order valence-electron chi connectivity index (χ0n) is 29.9. The van der Waals surface area contributed by atoms with Crippen molar-refractivity contribution in [3.8, 4) is 0 Å². The lowest BCUT2D eigenvalue weighted by Gasteiger charge is -2.20. The Morgan fingerprint density at radius 1 is 0.709 bits per heavy atom. The van der Waals surface area contributed by atoms with Crippen LogP contribution >= 0.6 is 45.1 Å². The van der Waals surface area contributed by atoms with Gasteiger partial charge in [0.1, 0.15) is 5.25 Å². The Labute approximate surface area is 337 Å². The van der Waals surface area contributed by atoms with E-state index in [0.717, 1.165) is 9.80 Å². The van der Waals surface area contributed by atoms with Crippen molar-refractivity contribution in [2.45, 2.75) is 65.8 Å². The average molecular weight is 924 g/mol. The van der Waals surface area contributed by atoms with Gasteiger partial charge in [0, 0.05) is 59.2 Å². The topological polar surface area (TPSA) is 325 Å². The molecule has 0 aliphatic carbocycles. The Balaban J connectivity index is 0. The van der Waals surface area contributed by atoms with Crippen LogP contribution in [-0.4, -0.2) is 175 Å². The fourth-order valence-corrected chi connectivity index (χ4v) is 9.52. The molecular formula is C27H49N5O16S7. The molecule has 5 atom stereocenters. The largest absolute Gasteiger partial charge is 0.359 e. The number of carbonyl (C=O) groups is 7.